The van der Waals surface area contributed by atoms with Gasteiger partial charge < -0.3 is 10.1 Å². The summed E-state index contributed by atoms with van der Waals surface area (Å²) in [6.07, 6.45) is 6.31. The Hall–Kier alpha value is -1.06. The molecule has 0 spiro atoms. The molecule has 0 bridgehead atoms. The van der Waals surface area contributed by atoms with E-state index in [2.05, 4.69) is 34.5 Å². The van der Waals surface area contributed by atoms with Crippen molar-refractivity contribution in [3.63, 3.8) is 0 Å². The molecule has 20 heavy (non-hydrogen) atoms. The van der Waals surface area contributed by atoms with Crippen molar-refractivity contribution in [1.29, 1.82) is 0 Å². The molecule has 2 aliphatic heterocycles. The standard InChI is InChI=1S/C17H25N2O/c1-2-9-19(10-3-1)14-15-5-4-6-17(13-15)18-16-7-11-20-12-8-16/h4-5,13,16,18H,1-3,7-12,14H2. The van der Waals surface area contributed by atoms with E-state index in [4.69, 9.17) is 4.74 Å². The molecule has 0 unspecified atom stereocenters. The van der Waals surface area contributed by atoms with Crippen LogP contribution in [-0.2, 0) is 11.3 Å². The molecule has 109 valence electrons. The van der Waals surface area contributed by atoms with Crippen LogP contribution >= 0.6 is 0 Å². The van der Waals surface area contributed by atoms with Crippen molar-refractivity contribution >= 4 is 5.69 Å². The Morgan fingerprint density at radius 1 is 1.20 bits per heavy atom. The molecule has 0 amide bonds. The first kappa shape index (κ1) is 13.9. The Morgan fingerprint density at radius 3 is 2.80 bits per heavy atom. The number of rotatable bonds is 4. The molecule has 1 aromatic rings. The molecule has 0 atom stereocenters. The number of nitrogens with zero attached hydrogens (tertiary/aromatic N) is 1. The summed E-state index contributed by atoms with van der Waals surface area (Å²) < 4.78 is 5.40. The highest BCUT2D eigenvalue weighted by molar-refractivity contribution is 5.45. The molecule has 0 aromatic heterocycles. The summed E-state index contributed by atoms with van der Waals surface area (Å²) in [7, 11) is 0. The first-order chi connectivity index (χ1) is 9.90. The number of ether oxygens (including phenoxy) is 1. The predicted molar refractivity (Wildman–Crippen MR) is 81.9 cm³/mol. The van der Waals surface area contributed by atoms with E-state index in [9.17, 15) is 0 Å². The van der Waals surface area contributed by atoms with Gasteiger partial charge in [-0.25, -0.2) is 0 Å². The van der Waals surface area contributed by atoms with Crippen LogP contribution in [-0.4, -0.2) is 37.2 Å². The van der Waals surface area contributed by atoms with E-state index < -0.39 is 0 Å². The van der Waals surface area contributed by atoms with Crippen LogP contribution in [0.5, 0.6) is 0 Å². The van der Waals surface area contributed by atoms with Gasteiger partial charge in [-0.15, -0.1) is 0 Å². The van der Waals surface area contributed by atoms with Gasteiger partial charge in [0.05, 0.1) is 0 Å². The highest BCUT2D eigenvalue weighted by Crippen LogP contribution is 2.18. The Morgan fingerprint density at radius 2 is 2.00 bits per heavy atom. The average Bonchev–Trinajstić information content (AvgIpc) is 2.50. The summed E-state index contributed by atoms with van der Waals surface area (Å²) in [6.45, 7) is 5.34. The third-order valence-corrected chi connectivity index (χ3v) is 4.30. The van der Waals surface area contributed by atoms with Crippen LogP contribution < -0.4 is 5.32 Å². The topological polar surface area (TPSA) is 24.5 Å². The van der Waals surface area contributed by atoms with Crippen molar-refractivity contribution in [2.75, 3.05) is 31.6 Å². The van der Waals surface area contributed by atoms with Gasteiger partial charge in [-0.1, -0.05) is 18.6 Å². The molecule has 1 aromatic carbocycles. The van der Waals surface area contributed by atoms with E-state index in [-0.39, 0.29) is 0 Å². The monoisotopic (exact) mass is 273 g/mol. The maximum atomic E-state index is 5.40. The van der Waals surface area contributed by atoms with Gasteiger partial charge in [0.15, 0.2) is 0 Å². The summed E-state index contributed by atoms with van der Waals surface area (Å²) in [6, 6.07) is 10.4. The normalized spacial score (nSPS) is 21.8. The first-order valence-electron chi connectivity index (χ1n) is 7.97. The second-order valence-electron chi connectivity index (χ2n) is 5.98. The van der Waals surface area contributed by atoms with Gasteiger partial charge in [0, 0.05) is 37.6 Å². The molecule has 2 saturated heterocycles. The van der Waals surface area contributed by atoms with Crippen molar-refractivity contribution in [3.8, 4) is 0 Å². The number of benzene rings is 1. The second kappa shape index (κ2) is 7.09. The number of nitrogens with one attached hydrogen (secondary N) is 1. The zero-order valence-electron chi connectivity index (χ0n) is 12.2. The fourth-order valence-corrected chi connectivity index (χ4v) is 3.13. The third-order valence-electron chi connectivity index (χ3n) is 4.30. The quantitative estimate of drug-likeness (QED) is 0.912. The summed E-state index contributed by atoms with van der Waals surface area (Å²) in [4.78, 5) is 2.57. The highest BCUT2D eigenvalue weighted by atomic mass is 16.5. The summed E-state index contributed by atoms with van der Waals surface area (Å²) in [5.74, 6) is 0. The maximum absolute atomic E-state index is 5.40. The van der Waals surface area contributed by atoms with Gasteiger partial charge in [0.2, 0.25) is 0 Å². The van der Waals surface area contributed by atoms with Crippen LogP contribution in [0, 0.1) is 6.07 Å². The zero-order valence-corrected chi connectivity index (χ0v) is 12.2. The minimum absolute atomic E-state index is 0.547. The number of piperidine rings is 1. The molecular formula is C17H25N2O. The molecule has 1 radical (unpaired) electrons. The van der Waals surface area contributed by atoms with Crippen molar-refractivity contribution in [3.05, 3.63) is 29.8 Å². The van der Waals surface area contributed by atoms with Crippen LogP contribution in [0.2, 0.25) is 0 Å². The van der Waals surface area contributed by atoms with Crippen LogP contribution in [0.3, 0.4) is 0 Å². The molecule has 0 aliphatic carbocycles. The zero-order chi connectivity index (χ0) is 13.6. The van der Waals surface area contributed by atoms with Crippen LogP contribution in [0.15, 0.2) is 18.2 Å². The minimum atomic E-state index is 0.547. The van der Waals surface area contributed by atoms with E-state index in [1.807, 2.05) is 0 Å². The van der Waals surface area contributed by atoms with Gasteiger partial charge in [-0.05, 0) is 50.4 Å². The SMILES string of the molecule is [c]1ccc(CN2CCCCC2)cc1NC1CCOCC1. The lowest BCUT2D eigenvalue weighted by Gasteiger charge is -2.27. The lowest BCUT2D eigenvalue weighted by atomic mass is 10.1. The average molecular weight is 273 g/mol. The van der Waals surface area contributed by atoms with Crippen LogP contribution in [0.1, 0.15) is 37.7 Å². The Bertz CT molecular complexity index is 374. The Kier molecular flexibility index (Phi) is 4.93. The lowest BCUT2D eigenvalue weighted by Crippen LogP contribution is -2.29. The van der Waals surface area contributed by atoms with Crippen molar-refractivity contribution in [1.82, 2.24) is 4.90 Å². The molecule has 3 nitrogen and oxygen atoms in total. The number of anilines is 1. The maximum Gasteiger partial charge on any atom is 0.0485 e. The molecule has 0 saturated carbocycles. The van der Waals surface area contributed by atoms with E-state index in [0.29, 0.717) is 6.04 Å². The van der Waals surface area contributed by atoms with E-state index in [1.54, 1.807) is 0 Å². The number of likely N-dealkylation sites (tertiary alicyclic amines) is 1. The smallest absolute Gasteiger partial charge is 0.0485 e. The molecule has 2 fully saturated rings. The van der Waals surface area contributed by atoms with Crippen LogP contribution in [0.4, 0.5) is 5.69 Å². The lowest BCUT2D eigenvalue weighted by molar-refractivity contribution is 0.0904. The molecule has 2 heterocycles. The third kappa shape index (κ3) is 3.97. The van der Waals surface area contributed by atoms with Crippen LogP contribution in [0.25, 0.3) is 0 Å². The summed E-state index contributed by atoms with van der Waals surface area (Å²) >= 11 is 0. The van der Waals surface area contributed by atoms with Crippen molar-refractivity contribution in [2.45, 2.75) is 44.7 Å². The molecule has 3 rings (SSSR count). The fourth-order valence-electron chi connectivity index (χ4n) is 3.13. The van der Waals surface area contributed by atoms with E-state index in [0.717, 1.165) is 38.3 Å². The Labute approximate surface area is 122 Å². The molecule has 1 N–H and O–H groups in total. The van der Waals surface area contributed by atoms with Gasteiger partial charge in [-0.2, -0.15) is 0 Å². The minimum Gasteiger partial charge on any atom is -0.382 e. The van der Waals surface area contributed by atoms with E-state index in [1.165, 1.54) is 37.9 Å². The van der Waals surface area contributed by atoms with Gasteiger partial charge >= 0.3 is 0 Å². The summed E-state index contributed by atoms with van der Waals surface area (Å²) in [5.41, 5.74) is 2.55. The van der Waals surface area contributed by atoms with Gasteiger partial charge in [0.25, 0.3) is 0 Å². The highest BCUT2D eigenvalue weighted by Gasteiger charge is 2.14. The largest absolute Gasteiger partial charge is 0.382 e. The summed E-state index contributed by atoms with van der Waals surface area (Å²) in [5, 5.41) is 3.60. The fraction of sp³-hybridized carbons (Fsp3) is 0.647. The Balaban J connectivity index is 1.57. The number of hydrogen-bond acceptors (Lipinski definition) is 3. The van der Waals surface area contributed by atoms with E-state index >= 15 is 0 Å². The second-order valence-corrected chi connectivity index (χ2v) is 5.98. The predicted octanol–water partition coefficient (Wildman–Crippen LogP) is 3.06. The molecule has 2 aliphatic rings. The first-order valence-corrected chi connectivity index (χ1v) is 7.97. The molecular weight excluding hydrogens is 248 g/mol. The molecule has 3 heteroatoms. The van der Waals surface area contributed by atoms with Crippen molar-refractivity contribution < 1.29 is 4.74 Å². The number of hydrogen-bond donors (Lipinski definition) is 1. The van der Waals surface area contributed by atoms with Crippen molar-refractivity contribution in [2.24, 2.45) is 0 Å². The van der Waals surface area contributed by atoms with Gasteiger partial charge in [-0.3, -0.25) is 4.90 Å². The van der Waals surface area contributed by atoms with Gasteiger partial charge in [0.1, 0.15) is 0 Å².